The van der Waals surface area contributed by atoms with E-state index in [-0.39, 0.29) is 13.0 Å². The van der Waals surface area contributed by atoms with E-state index in [1.807, 2.05) is 0 Å². The zero-order valence-electron chi connectivity index (χ0n) is 41.1. The van der Waals surface area contributed by atoms with Crippen molar-refractivity contribution < 1.29 is 58.3 Å². The molecule has 64 heavy (non-hydrogen) atoms. The minimum atomic E-state index is -5.01. The molecule has 0 saturated heterocycles. The zero-order valence-corrected chi connectivity index (χ0v) is 42.0. The van der Waals surface area contributed by atoms with Crippen LogP contribution >= 0.6 is 7.82 Å². The molecule has 0 spiro atoms. The molecule has 6 N–H and O–H groups in total. The van der Waals surface area contributed by atoms with Crippen molar-refractivity contribution in [2.75, 3.05) is 19.8 Å². The Morgan fingerprint density at radius 2 is 0.734 bits per heavy atom. The molecular weight excluding hydrogens is 836 g/mol. The number of phosphoric acid groups is 1. The highest BCUT2D eigenvalue weighted by Crippen LogP contribution is 2.47. The zero-order chi connectivity index (χ0) is 46.9. The Hall–Kier alpha value is -0.660. The summed E-state index contributed by atoms with van der Waals surface area (Å²) < 4.78 is 34.3. The summed E-state index contributed by atoms with van der Waals surface area (Å²) in [5.41, 5.74) is 0. The summed E-state index contributed by atoms with van der Waals surface area (Å²) in [6, 6.07) is 0. The second kappa shape index (κ2) is 42.4. The van der Waals surface area contributed by atoms with Crippen molar-refractivity contribution in [3.63, 3.8) is 0 Å². The molecule has 12 nitrogen and oxygen atoms in total. The van der Waals surface area contributed by atoms with Crippen molar-refractivity contribution in [3.8, 4) is 0 Å². The highest BCUT2D eigenvalue weighted by atomic mass is 31.2. The fraction of sp³-hybridized carbons (Fsp3) is 0.980. The number of unbranched alkanes of at least 4 members (excludes halogenated alkanes) is 35. The third kappa shape index (κ3) is 33.8. The van der Waals surface area contributed by atoms with Crippen molar-refractivity contribution in [1.29, 1.82) is 0 Å². The lowest BCUT2D eigenvalue weighted by atomic mass is 9.85. The first kappa shape index (κ1) is 61.4. The SMILES string of the molecule is CCCCCCCCCCCCCCCCCCCCCCCCCOCC(COP(=O)(O)OC1C(O)C(O)C(O)C(O)C1O)OC(=O)CCCCCCCCCCCCCCCC. The molecule has 0 aliphatic heterocycles. The van der Waals surface area contributed by atoms with Crippen LogP contribution in [0.4, 0.5) is 0 Å². The van der Waals surface area contributed by atoms with Gasteiger partial charge in [0.1, 0.15) is 42.7 Å². The van der Waals surface area contributed by atoms with E-state index in [2.05, 4.69) is 13.8 Å². The molecule has 0 amide bonds. The van der Waals surface area contributed by atoms with Gasteiger partial charge in [0, 0.05) is 13.0 Å². The highest BCUT2D eigenvalue weighted by Gasteiger charge is 2.51. The van der Waals surface area contributed by atoms with Gasteiger partial charge >= 0.3 is 13.8 Å². The molecule has 1 fully saturated rings. The molecule has 382 valence electrons. The molecule has 0 aromatic carbocycles. The molecule has 6 unspecified atom stereocenters. The fourth-order valence-electron chi connectivity index (χ4n) is 8.71. The Bertz CT molecular complexity index is 1070. The van der Waals surface area contributed by atoms with E-state index in [0.717, 1.165) is 38.5 Å². The first-order valence-corrected chi connectivity index (χ1v) is 28.4. The summed E-state index contributed by atoms with van der Waals surface area (Å²) in [5.74, 6) is -0.470. The van der Waals surface area contributed by atoms with Gasteiger partial charge in [0.25, 0.3) is 0 Å². The van der Waals surface area contributed by atoms with Crippen molar-refractivity contribution in [1.82, 2.24) is 0 Å². The first-order valence-electron chi connectivity index (χ1n) is 26.9. The monoisotopic (exact) mass is 937 g/mol. The van der Waals surface area contributed by atoms with Crippen LogP contribution in [-0.4, -0.2) is 98.9 Å². The molecule has 1 rings (SSSR count). The van der Waals surface area contributed by atoms with Crippen molar-refractivity contribution in [2.24, 2.45) is 0 Å². The van der Waals surface area contributed by atoms with Crippen LogP contribution in [0.1, 0.15) is 258 Å². The second-order valence-corrected chi connectivity index (χ2v) is 20.5. The number of carbonyl (C=O) groups excluding carboxylic acids is 1. The van der Waals surface area contributed by atoms with Gasteiger partial charge in [-0.2, -0.15) is 0 Å². The van der Waals surface area contributed by atoms with Crippen LogP contribution in [0, 0.1) is 0 Å². The first-order chi connectivity index (χ1) is 31.0. The van der Waals surface area contributed by atoms with E-state index in [0.29, 0.717) is 13.0 Å². The Balaban J connectivity index is 2.27. The highest BCUT2D eigenvalue weighted by molar-refractivity contribution is 7.47. The summed E-state index contributed by atoms with van der Waals surface area (Å²) >= 11 is 0. The van der Waals surface area contributed by atoms with Gasteiger partial charge in [0.2, 0.25) is 0 Å². The van der Waals surface area contributed by atoms with E-state index < -0.39 is 63.1 Å². The summed E-state index contributed by atoms with van der Waals surface area (Å²) in [5, 5.41) is 50.3. The molecule has 0 radical (unpaired) electrons. The van der Waals surface area contributed by atoms with Gasteiger partial charge in [-0.1, -0.05) is 239 Å². The molecule has 13 heteroatoms. The van der Waals surface area contributed by atoms with Crippen molar-refractivity contribution >= 4 is 13.8 Å². The lowest BCUT2D eigenvalue weighted by Crippen LogP contribution is -2.64. The average molecular weight is 937 g/mol. The molecule has 0 bridgehead atoms. The van der Waals surface area contributed by atoms with Crippen LogP contribution in [0.5, 0.6) is 0 Å². The molecule has 0 aromatic heterocycles. The van der Waals surface area contributed by atoms with E-state index in [4.69, 9.17) is 18.5 Å². The van der Waals surface area contributed by atoms with Crippen molar-refractivity contribution in [2.45, 2.75) is 301 Å². The van der Waals surface area contributed by atoms with E-state index in [1.54, 1.807) is 0 Å². The number of carbonyl (C=O) groups is 1. The Morgan fingerprint density at radius 3 is 1.08 bits per heavy atom. The maximum Gasteiger partial charge on any atom is 0.472 e. The summed E-state index contributed by atoms with van der Waals surface area (Å²) in [6.45, 7) is 4.32. The van der Waals surface area contributed by atoms with Crippen LogP contribution < -0.4 is 0 Å². The molecule has 0 heterocycles. The van der Waals surface area contributed by atoms with Gasteiger partial charge in [-0.05, 0) is 12.8 Å². The normalized spacial score (nSPS) is 21.6. The summed E-state index contributed by atoms with van der Waals surface area (Å²) in [7, 11) is -5.01. The topological polar surface area (TPSA) is 192 Å². The number of aliphatic hydroxyl groups is 5. The fourth-order valence-corrected chi connectivity index (χ4v) is 9.68. The predicted molar refractivity (Wildman–Crippen MR) is 258 cm³/mol. The third-order valence-electron chi connectivity index (χ3n) is 13.0. The summed E-state index contributed by atoms with van der Waals surface area (Å²) in [4.78, 5) is 23.2. The standard InChI is InChI=1S/C51H101O12P/c1-3-5-7-9-11-13-15-17-19-20-21-22-23-24-25-26-27-29-31-33-35-37-39-41-60-42-44(43-61-64(58,59)63-51-49(56)47(54)46(53)48(55)50(51)57)62-45(52)40-38-36-34-32-30-28-18-16-14-12-10-8-6-4-2/h44,46-51,53-57H,3-43H2,1-2H3,(H,58,59). The second-order valence-electron chi connectivity index (χ2n) is 19.1. The number of rotatable bonds is 47. The van der Waals surface area contributed by atoms with Crippen molar-refractivity contribution in [3.05, 3.63) is 0 Å². The quantitative estimate of drug-likeness (QED) is 0.0192. The number of phosphoric ester groups is 1. The molecule has 1 aliphatic carbocycles. The Morgan fingerprint density at radius 1 is 0.438 bits per heavy atom. The maximum absolute atomic E-state index is 12.8. The number of hydrogen-bond donors (Lipinski definition) is 6. The number of esters is 1. The van der Waals surface area contributed by atoms with Crippen LogP contribution in [0.3, 0.4) is 0 Å². The van der Waals surface area contributed by atoms with Gasteiger partial charge in [-0.25, -0.2) is 4.57 Å². The Kier molecular flexibility index (Phi) is 40.7. The largest absolute Gasteiger partial charge is 0.472 e. The minimum absolute atomic E-state index is 0.0674. The number of hydrogen-bond acceptors (Lipinski definition) is 11. The lowest BCUT2D eigenvalue weighted by molar-refractivity contribution is -0.220. The Labute approximate surface area is 391 Å². The maximum atomic E-state index is 12.8. The molecule has 1 saturated carbocycles. The molecule has 6 atom stereocenters. The van der Waals surface area contributed by atoms with Gasteiger partial charge in [-0.15, -0.1) is 0 Å². The predicted octanol–water partition coefficient (Wildman–Crippen LogP) is 12.1. The lowest BCUT2D eigenvalue weighted by Gasteiger charge is -2.41. The van der Waals surface area contributed by atoms with E-state index >= 15 is 0 Å². The average Bonchev–Trinajstić information content (AvgIpc) is 3.28. The molecule has 1 aliphatic rings. The van der Waals surface area contributed by atoms with Gasteiger partial charge in [-0.3, -0.25) is 13.8 Å². The minimum Gasteiger partial charge on any atom is -0.457 e. The number of ether oxygens (including phenoxy) is 2. The summed E-state index contributed by atoms with van der Waals surface area (Å²) in [6.07, 6.45) is 34.6. The molecule has 0 aromatic rings. The van der Waals surface area contributed by atoms with Gasteiger partial charge in [0.05, 0.1) is 13.2 Å². The van der Waals surface area contributed by atoms with Crippen LogP contribution in [0.25, 0.3) is 0 Å². The van der Waals surface area contributed by atoms with Gasteiger partial charge < -0.3 is 39.9 Å². The molecular formula is C51H101O12P. The van der Waals surface area contributed by atoms with Crippen LogP contribution in [0.15, 0.2) is 0 Å². The van der Waals surface area contributed by atoms with E-state index in [9.17, 15) is 39.8 Å². The van der Waals surface area contributed by atoms with E-state index in [1.165, 1.54) is 193 Å². The van der Waals surface area contributed by atoms with Crippen LogP contribution in [-0.2, 0) is 27.9 Å². The smallest absolute Gasteiger partial charge is 0.457 e. The number of aliphatic hydroxyl groups excluding tert-OH is 5. The van der Waals surface area contributed by atoms with Gasteiger partial charge in [0.15, 0.2) is 0 Å². The van der Waals surface area contributed by atoms with Crippen LogP contribution in [0.2, 0.25) is 0 Å². The third-order valence-corrected chi connectivity index (χ3v) is 14.0.